The first-order valence-corrected chi connectivity index (χ1v) is 12.6. The van der Waals surface area contributed by atoms with Crippen LogP contribution in [0.3, 0.4) is 0 Å². The van der Waals surface area contributed by atoms with Gasteiger partial charge >= 0.3 is 0 Å². The summed E-state index contributed by atoms with van der Waals surface area (Å²) in [6.45, 7) is 1.19. The number of amides is 1. The van der Waals surface area contributed by atoms with E-state index in [4.69, 9.17) is 0 Å². The van der Waals surface area contributed by atoms with E-state index >= 15 is 0 Å². The van der Waals surface area contributed by atoms with E-state index in [1.807, 2.05) is 36.4 Å². The van der Waals surface area contributed by atoms with Crippen molar-refractivity contribution < 1.29 is 13.2 Å². The van der Waals surface area contributed by atoms with E-state index in [0.29, 0.717) is 18.7 Å². The van der Waals surface area contributed by atoms with E-state index in [2.05, 4.69) is 26.1 Å². The molecule has 33 heavy (non-hydrogen) atoms. The Labute approximate surface area is 199 Å². The van der Waals surface area contributed by atoms with E-state index in [9.17, 15) is 13.2 Å². The molecular weight excluding hydrogens is 506 g/mol. The number of piperazine rings is 1. The van der Waals surface area contributed by atoms with Gasteiger partial charge in [-0.2, -0.15) is 4.31 Å². The first-order valence-electron chi connectivity index (χ1n) is 10.4. The van der Waals surface area contributed by atoms with Gasteiger partial charge in [0.2, 0.25) is 10.0 Å². The fraction of sp³-hybridized carbons (Fsp3) is 0.174. The number of carbonyl (C=O) groups excluding carboxylic acids is 1. The van der Waals surface area contributed by atoms with Gasteiger partial charge < -0.3 is 4.90 Å². The smallest absolute Gasteiger partial charge is 0.253 e. The molecule has 168 valence electrons. The van der Waals surface area contributed by atoms with Gasteiger partial charge in [0, 0.05) is 41.9 Å². The summed E-state index contributed by atoms with van der Waals surface area (Å²) in [6, 6.07) is 18.1. The highest BCUT2D eigenvalue weighted by molar-refractivity contribution is 9.10. The van der Waals surface area contributed by atoms with Gasteiger partial charge in [-0.15, -0.1) is 10.2 Å². The van der Waals surface area contributed by atoms with E-state index in [1.165, 1.54) is 4.31 Å². The van der Waals surface area contributed by atoms with Crippen molar-refractivity contribution in [2.75, 3.05) is 26.2 Å². The maximum Gasteiger partial charge on any atom is 0.253 e. The van der Waals surface area contributed by atoms with Crippen molar-refractivity contribution in [3.8, 4) is 5.69 Å². The fourth-order valence-electron chi connectivity index (χ4n) is 3.93. The molecule has 0 spiro atoms. The Kier molecular flexibility index (Phi) is 5.73. The van der Waals surface area contributed by atoms with Crippen LogP contribution in [0.4, 0.5) is 0 Å². The summed E-state index contributed by atoms with van der Waals surface area (Å²) in [4.78, 5) is 14.9. The minimum absolute atomic E-state index is 0.112. The largest absolute Gasteiger partial charge is 0.336 e. The molecule has 5 rings (SSSR count). The number of hydrogen-bond donors (Lipinski definition) is 0. The Hall–Kier alpha value is -3.08. The molecule has 0 aliphatic carbocycles. The number of hydrogen-bond acceptors (Lipinski definition) is 5. The number of carbonyl (C=O) groups is 1. The SMILES string of the molecule is O=C(c1ccc(-n2cnnc2)cc1)N1CCN(S(=O)(=O)c2ccc3cc(Br)ccc3c2)CC1. The molecule has 0 radical (unpaired) electrons. The zero-order chi connectivity index (χ0) is 23.0. The molecule has 0 atom stereocenters. The van der Waals surface area contributed by atoms with Crippen LogP contribution >= 0.6 is 15.9 Å². The molecule has 0 unspecified atom stereocenters. The molecule has 1 saturated heterocycles. The number of sulfonamides is 1. The number of rotatable bonds is 4. The van der Waals surface area contributed by atoms with Crippen molar-refractivity contribution in [2.24, 2.45) is 0 Å². The Morgan fingerprint density at radius 3 is 2.15 bits per heavy atom. The lowest BCUT2D eigenvalue weighted by Gasteiger charge is -2.34. The third kappa shape index (κ3) is 4.29. The molecule has 8 nitrogen and oxygen atoms in total. The topological polar surface area (TPSA) is 88.4 Å². The first-order chi connectivity index (χ1) is 15.9. The summed E-state index contributed by atoms with van der Waals surface area (Å²) in [6.07, 6.45) is 3.18. The van der Waals surface area contributed by atoms with Gasteiger partial charge in [0.15, 0.2) is 0 Å². The highest BCUT2D eigenvalue weighted by Gasteiger charge is 2.30. The summed E-state index contributed by atoms with van der Waals surface area (Å²) in [7, 11) is -3.64. The number of benzene rings is 3. The number of aromatic nitrogens is 3. The molecule has 1 aliphatic heterocycles. The van der Waals surface area contributed by atoms with Gasteiger partial charge in [-0.3, -0.25) is 9.36 Å². The van der Waals surface area contributed by atoms with Crippen LogP contribution in [-0.2, 0) is 10.0 Å². The average Bonchev–Trinajstić information content (AvgIpc) is 3.38. The van der Waals surface area contributed by atoms with Gasteiger partial charge in [-0.25, -0.2) is 8.42 Å². The molecule has 1 aromatic heterocycles. The summed E-state index contributed by atoms with van der Waals surface area (Å²) in [5, 5.41) is 9.39. The van der Waals surface area contributed by atoms with Gasteiger partial charge in [0.05, 0.1) is 4.90 Å². The second kappa shape index (κ2) is 8.69. The normalized spacial score (nSPS) is 15.1. The van der Waals surface area contributed by atoms with Crippen LogP contribution in [0.1, 0.15) is 10.4 Å². The van der Waals surface area contributed by atoms with Crippen LogP contribution in [0.15, 0.2) is 82.7 Å². The zero-order valence-corrected chi connectivity index (χ0v) is 19.9. The van der Waals surface area contributed by atoms with Gasteiger partial charge in [-0.1, -0.05) is 28.1 Å². The molecule has 1 amide bonds. The highest BCUT2D eigenvalue weighted by atomic mass is 79.9. The van der Waals surface area contributed by atoms with E-state index < -0.39 is 10.0 Å². The quantitative estimate of drug-likeness (QED) is 0.407. The maximum atomic E-state index is 13.2. The third-order valence-electron chi connectivity index (χ3n) is 5.77. The van der Waals surface area contributed by atoms with E-state index in [1.54, 1.807) is 46.4 Å². The van der Waals surface area contributed by atoms with Gasteiger partial charge in [0.25, 0.3) is 5.91 Å². The predicted molar refractivity (Wildman–Crippen MR) is 128 cm³/mol. The first kappa shape index (κ1) is 21.7. The lowest BCUT2D eigenvalue weighted by molar-refractivity contribution is 0.0698. The van der Waals surface area contributed by atoms with Crippen molar-refractivity contribution in [1.29, 1.82) is 0 Å². The number of halogens is 1. The van der Waals surface area contributed by atoms with Crippen LogP contribution in [0, 0.1) is 0 Å². The molecular formula is C23H20BrN5O3S. The monoisotopic (exact) mass is 525 g/mol. The van der Waals surface area contributed by atoms with Gasteiger partial charge in [-0.05, 0) is 59.3 Å². The minimum Gasteiger partial charge on any atom is -0.336 e. The molecule has 3 aromatic carbocycles. The van der Waals surface area contributed by atoms with Crippen molar-refractivity contribution in [1.82, 2.24) is 24.0 Å². The highest BCUT2D eigenvalue weighted by Crippen LogP contribution is 2.25. The van der Waals surface area contributed by atoms with Crippen LogP contribution in [0.5, 0.6) is 0 Å². The van der Waals surface area contributed by atoms with Crippen molar-refractivity contribution >= 4 is 42.6 Å². The predicted octanol–water partition coefficient (Wildman–Crippen LogP) is 3.33. The number of fused-ring (bicyclic) bond motifs is 1. The lowest BCUT2D eigenvalue weighted by Crippen LogP contribution is -2.50. The van der Waals surface area contributed by atoms with Crippen molar-refractivity contribution in [2.45, 2.75) is 4.90 Å². The van der Waals surface area contributed by atoms with Crippen LogP contribution in [0.25, 0.3) is 16.5 Å². The molecule has 2 heterocycles. The van der Waals surface area contributed by atoms with E-state index in [-0.39, 0.29) is 23.9 Å². The van der Waals surface area contributed by atoms with Gasteiger partial charge in [0.1, 0.15) is 12.7 Å². The molecule has 0 N–H and O–H groups in total. The maximum absolute atomic E-state index is 13.2. The van der Waals surface area contributed by atoms with Crippen LogP contribution in [-0.4, -0.2) is 64.5 Å². The zero-order valence-electron chi connectivity index (χ0n) is 17.5. The second-order valence-corrected chi connectivity index (χ2v) is 10.6. The molecule has 1 aliphatic rings. The summed E-state index contributed by atoms with van der Waals surface area (Å²) >= 11 is 3.43. The molecule has 0 saturated carbocycles. The Balaban J connectivity index is 1.27. The fourth-order valence-corrected chi connectivity index (χ4v) is 5.77. The summed E-state index contributed by atoms with van der Waals surface area (Å²) in [5.74, 6) is -0.112. The molecule has 1 fully saturated rings. The standard InChI is InChI=1S/C23H20BrN5O3S/c24-20-5-1-19-14-22(8-4-18(19)13-20)33(31,32)29-11-9-27(10-12-29)23(30)17-2-6-21(7-3-17)28-15-25-26-16-28/h1-8,13-16H,9-12H2. The Morgan fingerprint density at radius 2 is 1.45 bits per heavy atom. The third-order valence-corrected chi connectivity index (χ3v) is 8.16. The number of nitrogens with zero attached hydrogens (tertiary/aromatic N) is 5. The van der Waals surface area contributed by atoms with Crippen LogP contribution in [0.2, 0.25) is 0 Å². The van der Waals surface area contributed by atoms with Crippen molar-refractivity contribution in [3.05, 3.63) is 83.4 Å². The van der Waals surface area contributed by atoms with Crippen LogP contribution < -0.4 is 0 Å². The second-order valence-electron chi connectivity index (χ2n) is 7.77. The minimum atomic E-state index is -3.64. The Morgan fingerprint density at radius 1 is 0.818 bits per heavy atom. The molecule has 0 bridgehead atoms. The lowest BCUT2D eigenvalue weighted by atomic mass is 10.1. The summed E-state index contributed by atoms with van der Waals surface area (Å²) < 4.78 is 30.5. The summed E-state index contributed by atoms with van der Waals surface area (Å²) in [5.41, 5.74) is 1.42. The van der Waals surface area contributed by atoms with E-state index in [0.717, 1.165) is 20.9 Å². The average molecular weight is 526 g/mol. The Bertz CT molecular complexity index is 1410. The van der Waals surface area contributed by atoms with Crippen molar-refractivity contribution in [3.63, 3.8) is 0 Å². The molecule has 10 heteroatoms. The molecule has 4 aromatic rings.